The van der Waals surface area contributed by atoms with Gasteiger partial charge in [-0.2, -0.15) is 0 Å². The van der Waals surface area contributed by atoms with E-state index < -0.39 is 0 Å². The molecule has 0 spiro atoms. The Morgan fingerprint density at radius 1 is 1.06 bits per heavy atom. The maximum absolute atomic E-state index is 11.6. The number of primary amides is 1. The van der Waals surface area contributed by atoms with E-state index in [-0.39, 0.29) is 11.9 Å². The van der Waals surface area contributed by atoms with Gasteiger partial charge in [0.2, 0.25) is 5.91 Å². The molecule has 0 aliphatic heterocycles. The second-order valence-corrected chi connectivity index (χ2v) is 7.25. The molecule has 4 bridgehead atoms. The van der Waals surface area contributed by atoms with Crippen molar-refractivity contribution in [3.63, 3.8) is 0 Å². The first-order chi connectivity index (χ1) is 8.54. The average molecular weight is 250 g/mol. The number of nitrogens with two attached hydrogens (primary N) is 1. The van der Waals surface area contributed by atoms with Gasteiger partial charge in [-0.1, -0.05) is 13.8 Å². The number of rotatable bonds is 4. The van der Waals surface area contributed by atoms with Gasteiger partial charge >= 0.3 is 0 Å². The number of hydrogen-bond acceptors (Lipinski definition) is 2. The van der Waals surface area contributed by atoms with Gasteiger partial charge < -0.3 is 11.1 Å². The standard InChI is InChI=1S/C15H26N2O/c1-8(2)13(15(16)18)17-14-11-4-9-3-10(6-11)7-12(14)5-9/h8-14,17H,3-7H2,1-2H3,(H2,16,18). The average Bonchev–Trinajstić information content (AvgIpc) is 2.25. The van der Waals surface area contributed by atoms with Crippen LogP contribution in [0.15, 0.2) is 0 Å². The monoisotopic (exact) mass is 250 g/mol. The fourth-order valence-corrected chi connectivity index (χ4v) is 5.01. The molecule has 18 heavy (non-hydrogen) atoms. The zero-order valence-electron chi connectivity index (χ0n) is 11.6. The van der Waals surface area contributed by atoms with Crippen LogP contribution in [0.5, 0.6) is 0 Å². The van der Waals surface area contributed by atoms with Crippen LogP contribution in [0.1, 0.15) is 46.0 Å². The van der Waals surface area contributed by atoms with Crippen molar-refractivity contribution in [3.8, 4) is 0 Å². The van der Waals surface area contributed by atoms with E-state index in [1.807, 2.05) is 0 Å². The Morgan fingerprint density at radius 3 is 1.94 bits per heavy atom. The molecule has 4 aliphatic rings. The predicted molar refractivity (Wildman–Crippen MR) is 71.8 cm³/mol. The summed E-state index contributed by atoms with van der Waals surface area (Å²) in [5.74, 6) is 3.69. The van der Waals surface area contributed by atoms with Crippen LogP contribution in [0.3, 0.4) is 0 Å². The quantitative estimate of drug-likeness (QED) is 0.801. The number of hydrogen-bond donors (Lipinski definition) is 2. The number of amides is 1. The van der Waals surface area contributed by atoms with Crippen LogP contribution in [0, 0.1) is 29.6 Å². The van der Waals surface area contributed by atoms with Crippen LogP contribution in [0.4, 0.5) is 0 Å². The third-order valence-electron chi connectivity index (χ3n) is 5.57. The highest BCUT2D eigenvalue weighted by atomic mass is 16.1. The van der Waals surface area contributed by atoms with Gasteiger partial charge in [-0.25, -0.2) is 0 Å². The first-order valence-electron chi connectivity index (χ1n) is 7.60. The molecule has 0 aromatic heterocycles. The smallest absolute Gasteiger partial charge is 0.234 e. The Morgan fingerprint density at radius 2 is 1.56 bits per heavy atom. The minimum Gasteiger partial charge on any atom is -0.368 e. The molecule has 0 aromatic carbocycles. The molecule has 4 fully saturated rings. The molecule has 4 saturated carbocycles. The zero-order valence-corrected chi connectivity index (χ0v) is 11.6. The maximum atomic E-state index is 11.6. The summed E-state index contributed by atoms with van der Waals surface area (Å²) in [7, 11) is 0. The molecule has 1 atom stereocenters. The van der Waals surface area contributed by atoms with E-state index in [1.165, 1.54) is 32.1 Å². The normalized spacial score (nSPS) is 43.4. The van der Waals surface area contributed by atoms with Crippen molar-refractivity contribution in [1.29, 1.82) is 0 Å². The van der Waals surface area contributed by atoms with E-state index in [4.69, 9.17) is 5.73 Å². The summed E-state index contributed by atoms with van der Waals surface area (Å²) in [4.78, 5) is 11.6. The largest absolute Gasteiger partial charge is 0.368 e. The summed E-state index contributed by atoms with van der Waals surface area (Å²) < 4.78 is 0. The van der Waals surface area contributed by atoms with Crippen LogP contribution in [0.2, 0.25) is 0 Å². The maximum Gasteiger partial charge on any atom is 0.234 e. The highest BCUT2D eigenvalue weighted by Gasteiger charge is 2.48. The van der Waals surface area contributed by atoms with Gasteiger partial charge in [0, 0.05) is 6.04 Å². The summed E-state index contributed by atoms with van der Waals surface area (Å²) in [6, 6.07) is 0.408. The number of carbonyl (C=O) groups is 1. The van der Waals surface area contributed by atoms with Gasteiger partial charge in [0.15, 0.2) is 0 Å². The molecular weight excluding hydrogens is 224 g/mol. The Bertz CT molecular complexity index is 311. The summed E-state index contributed by atoms with van der Waals surface area (Å²) in [5.41, 5.74) is 5.54. The lowest BCUT2D eigenvalue weighted by Gasteiger charge is -2.55. The minimum absolute atomic E-state index is 0.146. The minimum atomic E-state index is -0.182. The fourth-order valence-electron chi connectivity index (χ4n) is 5.01. The Balaban J connectivity index is 1.71. The second-order valence-electron chi connectivity index (χ2n) is 7.25. The summed E-state index contributed by atoms with van der Waals surface area (Å²) in [5, 5.41) is 3.62. The van der Waals surface area contributed by atoms with Gasteiger partial charge in [0.05, 0.1) is 6.04 Å². The molecule has 3 nitrogen and oxygen atoms in total. The van der Waals surface area contributed by atoms with Gasteiger partial charge in [0.25, 0.3) is 0 Å². The predicted octanol–water partition coefficient (Wildman–Crippen LogP) is 1.91. The lowest BCUT2D eigenvalue weighted by molar-refractivity contribution is -0.122. The molecule has 102 valence electrons. The van der Waals surface area contributed by atoms with Gasteiger partial charge in [-0.15, -0.1) is 0 Å². The Labute approximate surface area is 110 Å². The fraction of sp³-hybridized carbons (Fsp3) is 0.933. The first kappa shape index (κ1) is 12.5. The Hall–Kier alpha value is -0.570. The van der Waals surface area contributed by atoms with Gasteiger partial charge in [-0.05, 0) is 61.7 Å². The van der Waals surface area contributed by atoms with E-state index in [1.54, 1.807) is 0 Å². The molecule has 0 heterocycles. The SMILES string of the molecule is CC(C)C(NC1C2CC3CC(C2)CC1C3)C(N)=O. The zero-order chi connectivity index (χ0) is 12.9. The van der Waals surface area contributed by atoms with Crippen LogP contribution >= 0.6 is 0 Å². The van der Waals surface area contributed by atoms with Crippen molar-refractivity contribution in [1.82, 2.24) is 5.32 Å². The molecule has 3 N–H and O–H groups in total. The second kappa shape index (κ2) is 4.52. The summed E-state index contributed by atoms with van der Waals surface area (Å²) in [6.07, 6.45) is 7.01. The lowest BCUT2D eigenvalue weighted by Crippen LogP contribution is -2.60. The van der Waals surface area contributed by atoms with Crippen molar-refractivity contribution in [2.45, 2.75) is 58.0 Å². The lowest BCUT2D eigenvalue weighted by atomic mass is 9.54. The van der Waals surface area contributed by atoms with Crippen molar-refractivity contribution in [3.05, 3.63) is 0 Å². The molecular formula is C15H26N2O. The molecule has 0 radical (unpaired) electrons. The number of nitrogens with one attached hydrogen (secondary N) is 1. The molecule has 4 aliphatic carbocycles. The van der Waals surface area contributed by atoms with E-state index >= 15 is 0 Å². The van der Waals surface area contributed by atoms with Crippen molar-refractivity contribution in [2.75, 3.05) is 0 Å². The van der Waals surface area contributed by atoms with Crippen LogP contribution in [-0.2, 0) is 4.79 Å². The summed E-state index contributed by atoms with van der Waals surface area (Å²) >= 11 is 0. The third-order valence-corrected chi connectivity index (χ3v) is 5.57. The first-order valence-corrected chi connectivity index (χ1v) is 7.60. The van der Waals surface area contributed by atoms with E-state index in [2.05, 4.69) is 19.2 Å². The number of carbonyl (C=O) groups excluding carboxylic acids is 1. The molecule has 4 rings (SSSR count). The highest BCUT2D eigenvalue weighted by molar-refractivity contribution is 5.80. The highest BCUT2D eigenvalue weighted by Crippen LogP contribution is 2.53. The topological polar surface area (TPSA) is 55.1 Å². The van der Waals surface area contributed by atoms with Crippen LogP contribution in [0.25, 0.3) is 0 Å². The molecule has 0 aromatic rings. The third kappa shape index (κ3) is 2.07. The van der Waals surface area contributed by atoms with E-state index in [9.17, 15) is 4.79 Å². The van der Waals surface area contributed by atoms with Crippen LogP contribution < -0.4 is 11.1 Å². The van der Waals surface area contributed by atoms with Crippen molar-refractivity contribution in [2.24, 2.45) is 35.3 Å². The molecule has 3 heteroatoms. The summed E-state index contributed by atoms with van der Waals surface area (Å²) in [6.45, 7) is 4.16. The van der Waals surface area contributed by atoms with Crippen LogP contribution in [-0.4, -0.2) is 18.0 Å². The van der Waals surface area contributed by atoms with Gasteiger partial charge in [0.1, 0.15) is 0 Å². The van der Waals surface area contributed by atoms with Crippen molar-refractivity contribution >= 4 is 5.91 Å². The Kier molecular flexibility index (Phi) is 3.13. The van der Waals surface area contributed by atoms with Crippen molar-refractivity contribution < 1.29 is 4.79 Å². The molecule has 0 saturated heterocycles. The van der Waals surface area contributed by atoms with E-state index in [0.717, 1.165) is 23.7 Å². The van der Waals surface area contributed by atoms with E-state index in [0.29, 0.717) is 12.0 Å². The molecule has 1 unspecified atom stereocenters. The van der Waals surface area contributed by atoms with Gasteiger partial charge in [-0.3, -0.25) is 4.79 Å². The molecule has 1 amide bonds.